The van der Waals surface area contributed by atoms with E-state index in [9.17, 15) is 0 Å². The Kier molecular flexibility index (Phi) is 6.32. The van der Waals surface area contributed by atoms with Gasteiger partial charge in [0, 0.05) is 0 Å². The maximum Gasteiger partial charge on any atom is -0.0260 e. The summed E-state index contributed by atoms with van der Waals surface area (Å²) in [4.78, 5) is 0. The molecule has 1 rings (SSSR count). The van der Waals surface area contributed by atoms with Crippen molar-refractivity contribution >= 4 is 6.08 Å². The molecule has 0 heterocycles. The van der Waals surface area contributed by atoms with Crippen LogP contribution in [0.25, 0.3) is 6.08 Å². The van der Waals surface area contributed by atoms with Gasteiger partial charge in [-0.15, -0.1) is 0 Å². The Morgan fingerprint density at radius 2 is 1.94 bits per heavy atom. The van der Waals surface area contributed by atoms with Crippen molar-refractivity contribution in [2.24, 2.45) is 0 Å². The maximum absolute atomic E-state index is 4.02. The minimum absolute atomic E-state index is 1.12. The number of hydrogen-bond acceptors (Lipinski definition) is 0. The van der Waals surface area contributed by atoms with Gasteiger partial charge in [-0.25, -0.2) is 0 Å². The van der Waals surface area contributed by atoms with Gasteiger partial charge in [-0.05, 0) is 37.7 Å². The highest BCUT2D eigenvalue weighted by molar-refractivity contribution is 5.48. The fourth-order valence-electron chi connectivity index (χ4n) is 1.60. The maximum atomic E-state index is 4.02. The van der Waals surface area contributed by atoms with Crippen LogP contribution < -0.4 is 0 Å². The molecule has 0 unspecified atom stereocenters. The van der Waals surface area contributed by atoms with Gasteiger partial charge in [0.05, 0.1) is 0 Å². The molecular formula is C16H22. The predicted molar refractivity (Wildman–Crippen MR) is 73.4 cm³/mol. The minimum Gasteiger partial charge on any atom is -0.0999 e. The van der Waals surface area contributed by atoms with Gasteiger partial charge in [0.1, 0.15) is 0 Å². The number of hydrogen-bond donors (Lipinski definition) is 0. The van der Waals surface area contributed by atoms with Gasteiger partial charge >= 0.3 is 0 Å². The van der Waals surface area contributed by atoms with E-state index in [1.807, 2.05) is 6.07 Å². The molecule has 0 radical (unpaired) electrons. The lowest BCUT2D eigenvalue weighted by Gasteiger charge is -2.00. The van der Waals surface area contributed by atoms with Gasteiger partial charge in [0.2, 0.25) is 0 Å². The average Bonchev–Trinajstić information content (AvgIpc) is 2.34. The van der Waals surface area contributed by atoms with Crippen LogP contribution in [-0.4, -0.2) is 0 Å². The lowest BCUT2D eigenvalue weighted by atomic mass is 10.1. The second-order valence-corrected chi connectivity index (χ2v) is 4.16. The third kappa shape index (κ3) is 5.55. The van der Waals surface area contributed by atoms with E-state index in [-0.39, 0.29) is 0 Å². The summed E-state index contributed by atoms with van der Waals surface area (Å²) in [6, 6.07) is 10.5. The molecule has 0 aliphatic carbocycles. The third-order valence-corrected chi connectivity index (χ3v) is 2.76. The largest absolute Gasteiger partial charge is 0.0999 e. The molecule has 0 heteroatoms. The van der Waals surface area contributed by atoms with Gasteiger partial charge in [0.15, 0.2) is 0 Å². The standard InChI is InChI=1S/C16H22/c1-3-15(2)11-7-4-5-8-12-16-13-9-6-10-14-16/h6,8-10,12-14H,2-5,7,11H2,1H3. The molecule has 0 bridgehead atoms. The highest BCUT2D eigenvalue weighted by atomic mass is 14.0. The van der Waals surface area contributed by atoms with Gasteiger partial charge in [-0.1, -0.05) is 61.6 Å². The molecule has 0 aliphatic heterocycles. The Hall–Kier alpha value is -1.30. The van der Waals surface area contributed by atoms with Crippen molar-refractivity contribution in [3.8, 4) is 0 Å². The Bertz CT molecular complexity index is 319. The fourth-order valence-corrected chi connectivity index (χ4v) is 1.60. The summed E-state index contributed by atoms with van der Waals surface area (Å²) in [6.07, 6.45) is 10.5. The first-order valence-corrected chi connectivity index (χ1v) is 6.21. The Balaban J connectivity index is 2.12. The van der Waals surface area contributed by atoms with Crippen LogP contribution in [0.5, 0.6) is 0 Å². The molecular weight excluding hydrogens is 192 g/mol. The number of allylic oxidation sites excluding steroid dienone is 2. The van der Waals surface area contributed by atoms with E-state index < -0.39 is 0 Å². The number of benzene rings is 1. The Morgan fingerprint density at radius 1 is 1.19 bits per heavy atom. The molecule has 0 fully saturated rings. The first-order valence-electron chi connectivity index (χ1n) is 6.21. The van der Waals surface area contributed by atoms with Crippen LogP contribution in [0.2, 0.25) is 0 Å². The normalized spacial score (nSPS) is 10.8. The summed E-state index contributed by atoms with van der Waals surface area (Å²) < 4.78 is 0. The van der Waals surface area contributed by atoms with Gasteiger partial charge in [-0.2, -0.15) is 0 Å². The molecule has 1 aromatic carbocycles. The molecule has 0 amide bonds. The van der Waals surface area contributed by atoms with Crippen LogP contribution in [0, 0.1) is 0 Å². The highest BCUT2D eigenvalue weighted by Crippen LogP contribution is 2.11. The van der Waals surface area contributed by atoms with Crippen molar-refractivity contribution in [2.45, 2.75) is 39.0 Å². The topological polar surface area (TPSA) is 0 Å². The fraction of sp³-hybridized carbons (Fsp3) is 0.375. The number of rotatable bonds is 7. The Morgan fingerprint density at radius 3 is 2.62 bits per heavy atom. The van der Waals surface area contributed by atoms with Crippen molar-refractivity contribution in [3.05, 3.63) is 54.1 Å². The SMILES string of the molecule is C=C(CC)CCCCC=Cc1ccccc1. The van der Waals surface area contributed by atoms with Crippen LogP contribution in [0.4, 0.5) is 0 Å². The second kappa shape index (κ2) is 7.92. The zero-order chi connectivity index (χ0) is 11.6. The monoisotopic (exact) mass is 214 g/mol. The molecule has 86 valence electrons. The molecule has 0 aromatic heterocycles. The van der Waals surface area contributed by atoms with E-state index in [1.165, 1.54) is 36.8 Å². The van der Waals surface area contributed by atoms with E-state index in [0.29, 0.717) is 0 Å². The first kappa shape index (κ1) is 12.8. The molecule has 0 saturated heterocycles. The lowest BCUT2D eigenvalue weighted by molar-refractivity contribution is 0.730. The molecule has 0 N–H and O–H groups in total. The first-order chi connectivity index (χ1) is 7.83. The third-order valence-electron chi connectivity index (χ3n) is 2.76. The predicted octanol–water partition coefficient (Wildman–Crippen LogP) is 5.23. The summed E-state index contributed by atoms with van der Waals surface area (Å²) in [5.74, 6) is 0. The Labute approximate surface area is 99.7 Å². The van der Waals surface area contributed by atoms with Gasteiger partial charge in [0.25, 0.3) is 0 Å². The zero-order valence-electron chi connectivity index (χ0n) is 10.3. The molecule has 1 aromatic rings. The summed E-state index contributed by atoms with van der Waals surface area (Å²) in [6.45, 7) is 6.20. The van der Waals surface area contributed by atoms with E-state index in [4.69, 9.17) is 0 Å². The van der Waals surface area contributed by atoms with Crippen LogP contribution in [0.1, 0.15) is 44.6 Å². The molecule has 0 spiro atoms. The second-order valence-electron chi connectivity index (χ2n) is 4.16. The molecule has 16 heavy (non-hydrogen) atoms. The molecule has 0 atom stereocenters. The van der Waals surface area contributed by atoms with Crippen LogP contribution in [0.15, 0.2) is 48.6 Å². The summed E-state index contributed by atoms with van der Waals surface area (Å²) in [5, 5.41) is 0. The molecule has 0 aliphatic rings. The van der Waals surface area contributed by atoms with Crippen molar-refractivity contribution in [3.63, 3.8) is 0 Å². The smallest absolute Gasteiger partial charge is 0.0260 e. The van der Waals surface area contributed by atoms with Gasteiger partial charge in [-0.3, -0.25) is 0 Å². The molecule has 0 nitrogen and oxygen atoms in total. The van der Waals surface area contributed by atoms with Crippen LogP contribution >= 0.6 is 0 Å². The minimum atomic E-state index is 1.12. The zero-order valence-corrected chi connectivity index (χ0v) is 10.3. The van der Waals surface area contributed by atoms with Gasteiger partial charge < -0.3 is 0 Å². The van der Waals surface area contributed by atoms with Crippen LogP contribution in [-0.2, 0) is 0 Å². The summed E-state index contributed by atoms with van der Waals surface area (Å²) >= 11 is 0. The highest BCUT2D eigenvalue weighted by Gasteiger charge is 1.90. The van der Waals surface area contributed by atoms with E-state index >= 15 is 0 Å². The van der Waals surface area contributed by atoms with Crippen molar-refractivity contribution < 1.29 is 0 Å². The van der Waals surface area contributed by atoms with Crippen molar-refractivity contribution in [1.29, 1.82) is 0 Å². The summed E-state index contributed by atoms with van der Waals surface area (Å²) in [5.41, 5.74) is 2.67. The van der Waals surface area contributed by atoms with E-state index in [1.54, 1.807) is 0 Å². The number of unbranched alkanes of at least 4 members (excludes halogenated alkanes) is 2. The van der Waals surface area contributed by atoms with E-state index in [0.717, 1.165) is 6.42 Å². The van der Waals surface area contributed by atoms with Crippen molar-refractivity contribution in [2.75, 3.05) is 0 Å². The van der Waals surface area contributed by atoms with E-state index in [2.05, 4.69) is 49.9 Å². The summed E-state index contributed by atoms with van der Waals surface area (Å²) in [7, 11) is 0. The van der Waals surface area contributed by atoms with Crippen molar-refractivity contribution in [1.82, 2.24) is 0 Å². The van der Waals surface area contributed by atoms with Crippen LogP contribution in [0.3, 0.4) is 0 Å². The average molecular weight is 214 g/mol. The quantitative estimate of drug-likeness (QED) is 0.431. The lowest BCUT2D eigenvalue weighted by Crippen LogP contribution is -1.80. The molecule has 0 saturated carbocycles.